The summed E-state index contributed by atoms with van der Waals surface area (Å²) < 4.78 is 5.20. The Labute approximate surface area is 184 Å². The highest BCUT2D eigenvalue weighted by molar-refractivity contribution is 6.51. The van der Waals surface area contributed by atoms with Gasteiger partial charge in [0.15, 0.2) is 0 Å². The van der Waals surface area contributed by atoms with Gasteiger partial charge in [-0.05, 0) is 55.2 Å². The van der Waals surface area contributed by atoms with E-state index in [1.54, 1.807) is 36.4 Å². The molecule has 8 heteroatoms. The zero-order chi connectivity index (χ0) is 21.3. The van der Waals surface area contributed by atoms with Crippen LogP contribution in [0.3, 0.4) is 0 Å². The monoisotopic (exact) mass is 454 g/mol. The summed E-state index contributed by atoms with van der Waals surface area (Å²) in [4.78, 5) is 24.4. The molecule has 29 heavy (non-hydrogen) atoms. The number of nitrogens with one attached hydrogen (secondary N) is 2. The molecule has 3 rings (SSSR count). The summed E-state index contributed by atoms with van der Waals surface area (Å²) in [5.41, 5.74) is 2.46. The van der Waals surface area contributed by atoms with Crippen LogP contribution >= 0.6 is 34.8 Å². The molecule has 0 aliphatic heterocycles. The van der Waals surface area contributed by atoms with E-state index in [1.807, 2.05) is 20.8 Å². The van der Waals surface area contributed by atoms with Crippen molar-refractivity contribution < 1.29 is 14.3 Å². The molecule has 1 saturated carbocycles. The van der Waals surface area contributed by atoms with Crippen molar-refractivity contribution in [1.29, 1.82) is 0 Å². The van der Waals surface area contributed by atoms with Crippen LogP contribution in [0.2, 0.25) is 5.02 Å². The molecule has 2 aromatic carbocycles. The fourth-order valence-electron chi connectivity index (χ4n) is 3.22. The van der Waals surface area contributed by atoms with Crippen molar-refractivity contribution in [2.24, 2.45) is 11.8 Å². The topological polar surface area (TPSA) is 67.4 Å². The number of carbonyl (C=O) groups excluding carboxylic acids is 2. The van der Waals surface area contributed by atoms with Crippen molar-refractivity contribution in [3.63, 3.8) is 0 Å². The van der Waals surface area contributed by atoms with Crippen LogP contribution in [0, 0.1) is 25.7 Å². The lowest BCUT2D eigenvalue weighted by molar-refractivity contribution is 0.0967. The number of rotatable bonds is 5. The minimum atomic E-state index is -0.727. The van der Waals surface area contributed by atoms with E-state index < -0.39 is 16.3 Å². The molecule has 1 fully saturated rings. The third-order valence-corrected chi connectivity index (χ3v) is 6.65. The number of benzene rings is 2. The van der Waals surface area contributed by atoms with Crippen LogP contribution in [0.5, 0.6) is 5.75 Å². The smallest absolute Gasteiger partial charge is 0.326 e. The molecule has 0 saturated heterocycles. The van der Waals surface area contributed by atoms with E-state index >= 15 is 0 Å². The summed E-state index contributed by atoms with van der Waals surface area (Å²) in [7, 11) is 0. The molecular weight excluding hydrogens is 435 g/mol. The summed E-state index contributed by atoms with van der Waals surface area (Å²) in [6.45, 7) is 6.18. The van der Waals surface area contributed by atoms with Crippen molar-refractivity contribution in [3.8, 4) is 5.75 Å². The second-order valence-electron chi connectivity index (χ2n) is 7.21. The molecule has 2 N–H and O–H groups in total. The first-order valence-corrected chi connectivity index (χ1v) is 10.2. The first kappa shape index (κ1) is 21.8. The van der Waals surface area contributed by atoms with E-state index in [1.165, 1.54) is 0 Å². The van der Waals surface area contributed by atoms with Gasteiger partial charge in [0.05, 0.1) is 17.2 Å². The normalized spacial score (nSPS) is 19.4. The van der Waals surface area contributed by atoms with Crippen LogP contribution in [0.25, 0.3) is 0 Å². The first-order chi connectivity index (χ1) is 13.6. The Kier molecular flexibility index (Phi) is 6.32. The lowest BCUT2D eigenvalue weighted by atomic mass is 10.1. The Morgan fingerprint density at radius 2 is 1.72 bits per heavy atom. The SMILES string of the molecule is Cc1cc(NC(=O)NC(=O)c2ccccc2Cl)cc(C)c1OCC1C(C)C1(Cl)Cl. The van der Waals surface area contributed by atoms with Gasteiger partial charge in [0.1, 0.15) is 10.1 Å². The Hall–Kier alpha value is -1.95. The van der Waals surface area contributed by atoms with Gasteiger partial charge >= 0.3 is 6.03 Å². The van der Waals surface area contributed by atoms with Gasteiger partial charge in [0, 0.05) is 11.6 Å². The van der Waals surface area contributed by atoms with Gasteiger partial charge in [-0.15, -0.1) is 23.2 Å². The van der Waals surface area contributed by atoms with Crippen LogP contribution in [0.1, 0.15) is 28.4 Å². The Morgan fingerprint density at radius 3 is 2.28 bits per heavy atom. The highest BCUT2D eigenvalue weighted by Gasteiger charge is 2.60. The third-order valence-electron chi connectivity index (χ3n) is 5.07. The maximum atomic E-state index is 12.2. The molecule has 0 aromatic heterocycles. The molecule has 3 amide bonds. The van der Waals surface area contributed by atoms with Gasteiger partial charge in [-0.1, -0.05) is 30.7 Å². The van der Waals surface area contributed by atoms with E-state index in [0.29, 0.717) is 12.3 Å². The molecule has 0 heterocycles. The van der Waals surface area contributed by atoms with E-state index in [0.717, 1.165) is 16.9 Å². The number of urea groups is 1. The summed E-state index contributed by atoms with van der Waals surface area (Å²) >= 11 is 18.3. The van der Waals surface area contributed by atoms with E-state index in [-0.39, 0.29) is 22.4 Å². The number of hydrogen-bond acceptors (Lipinski definition) is 3. The second-order valence-corrected chi connectivity index (χ2v) is 9.06. The summed E-state index contributed by atoms with van der Waals surface area (Å²) in [6, 6.07) is 9.40. The van der Waals surface area contributed by atoms with Crippen molar-refractivity contribution in [2.45, 2.75) is 25.1 Å². The molecule has 2 atom stereocenters. The van der Waals surface area contributed by atoms with Crippen molar-refractivity contribution >= 4 is 52.4 Å². The van der Waals surface area contributed by atoms with Crippen LogP contribution in [0.15, 0.2) is 36.4 Å². The summed E-state index contributed by atoms with van der Waals surface area (Å²) in [5, 5.41) is 5.20. The van der Waals surface area contributed by atoms with Crippen LogP contribution < -0.4 is 15.4 Å². The predicted molar refractivity (Wildman–Crippen MR) is 116 cm³/mol. The maximum absolute atomic E-state index is 12.2. The number of halogens is 3. The summed E-state index contributed by atoms with van der Waals surface area (Å²) in [6.07, 6.45) is 0. The van der Waals surface area contributed by atoms with Gasteiger partial charge in [0.25, 0.3) is 5.91 Å². The number of amides is 3. The van der Waals surface area contributed by atoms with E-state index in [4.69, 9.17) is 39.5 Å². The first-order valence-electron chi connectivity index (χ1n) is 9.10. The van der Waals surface area contributed by atoms with Crippen molar-refractivity contribution in [3.05, 3.63) is 58.1 Å². The summed E-state index contributed by atoms with van der Waals surface area (Å²) in [5.74, 6) is 0.424. The molecule has 0 radical (unpaired) electrons. The van der Waals surface area contributed by atoms with Crippen LogP contribution in [0.4, 0.5) is 10.5 Å². The highest BCUT2D eigenvalue weighted by atomic mass is 35.5. The largest absolute Gasteiger partial charge is 0.493 e. The van der Waals surface area contributed by atoms with Crippen molar-refractivity contribution in [1.82, 2.24) is 5.32 Å². The Bertz CT molecular complexity index is 939. The van der Waals surface area contributed by atoms with Gasteiger partial charge in [-0.3, -0.25) is 10.1 Å². The zero-order valence-electron chi connectivity index (χ0n) is 16.2. The molecule has 5 nitrogen and oxygen atoms in total. The van der Waals surface area contributed by atoms with Crippen molar-refractivity contribution in [2.75, 3.05) is 11.9 Å². The number of ether oxygens (including phenoxy) is 1. The van der Waals surface area contributed by atoms with Crippen LogP contribution in [-0.4, -0.2) is 22.9 Å². The average molecular weight is 456 g/mol. The van der Waals surface area contributed by atoms with E-state index in [9.17, 15) is 9.59 Å². The lowest BCUT2D eigenvalue weighted by Gasteiger charge is -2.15. The standard InChI is InChI=1S/C21H21Cl3N2O3/c1-11-8-14(9-12(2)18(11)29-10-16-13(3)21(16,23)24)25-20(28)26-19(27)15-6-4-5-7-17(15)22/h4-9,13,16H,10H2,1-3H3,(H2,25,26,27,28). The number of carbonyl (C=O) groups is 2. The minimum Gasteiger partial charge on any atom is -0.493 e. The molecule has 0 bridgehead atoms. The molecule has 2 unspecified atom stereocenters. The number of hydrogen-bond donors (Lipinski definition) is 2. The third kappa shape index (κ3) is 4.80. The van der Waals surface area contributed by atoms with Gasteiger partial charge < -0.3 is 10.1 Å². The van der Waals surface area contributed by atoms with Gasteiger partial charge in [-0.25, -0.2) is 4.79 Å². The van der Waals surface area contributed by atoms with Gasteiger partial charge in [-0.2, -0.15) is 0 Å². The van der Waals surface area contributed by atoms with Gasteiger partial charge in [0.2, 0.25) is 0 Å². The number of imide groups is 1. The Balaban J connectivity index is 1.62. The van der Waals surface area contributed by atoms with Crippen LogP contribution in [-0.2, 0) is 0 Å². The minimum absolute atomic E-state index is 0.0871. The highest BCUT2D eigenvalue weighted by Crippen LogP contribution is 2.58. The Morgan fingerprint density at radius 1 is 1.14 bits per heavy atom. The molecule has 1 aliphatic rings. The second kappa shape index (κ2) is 8.42. The molecule has 0 spiro atoms. The predicted octanol–water partition coefficient (Wildman–Crippen LogP) is 5.74. The maximum Gasteiger partial charge on any atom is 0.326 e. The van der Waals surface area contributed by atoms with E-state index in [2.05, 4.69) is 10.6 Å². The fraction of sp³-hybridized carbons (Fsp3) is 0.333. The molecular formula is C21H21Cl3N2O3. The number of anilines is 1. The molecule has 2 aromatic rings. The quantitative estimate of drug-likeness (QED) is 0.565. The number of alkyl halides is 2. The number of aryl methyl sites for hydroxylation is 2. The fourth-order valence-corrected chi connectivity index (χ4v) is 4.12. The molecule has 154 valence electrons. The average Bonchev–Trinajstić information content (AvgIpc) is 3.11. The zero-order valence-corrected chi connectivity index (χ0v) is 18.5. The molecule has 1 aliphatic carbocycles. The lowest BCUT2D eigenvalue weighted by Crippen LogP contribution is -2.34.